The molecule has 1 fully saturated rings. The van der Waals surface area contributed by atoms with Gasteiger partial charge < -0.3 is 60.9 Å². The van der Waals surface area contributed by atoms with Crippen LogP contribution in [0.4, 0.5) is 21.0 Å². The van der Waals surface area contributed by atoms with Gasteiger partial charge in [-0.05, 0) is 127 Å². The number of alkyl carbamates (subject to hydrolysis) is 1. The predicted octanol–water partition coefficient (Wildman–Crippen LogP) is 4.47. The number of hydrogen-bond donors (Lipinski definition) is 7. The maximum Gasteiger partial charge on any atom is 0.437 e. The molecule has 0 unspecified atom stereocenters. The van der Waals surface area contributed by atoms with Gasteiger partial charge in [0, 0.05) is 54.6 Å². The highest BCUT2D eigenvalue weighted by Gasteiger charge is 2.34. The van der Waals surface area contributed by atoms with Gasteiger partial charge >= 0.3 is 12.2 Å². The van der Waals surface area contributed by atoms with Crippen LogP contribution < -0.4 is 42.4 Å². The number of nitrogens with two attached hydrogens (primary N) is 1. The van der Waals surface area contributed by atoms with Crippen molar-refractivity contribution in [1.82, 2.24) is 26.2 Å². The molecule has 0 spiro atoms. The first-order chi connectivity index (χ1) is 33.2. The molecule has 2 aliphatic rings. The fourth-order valence-electron chi connectivity index (χ4n) is 6.58. The summed E-state index contributed by atoms with van der Waals surface area (Å²) in [6.07, 6.45) is 0.804. The van der Waals surface area contributed by atoms with Crippen molar-refractivity contribution in [2.45, 2.75) is 97.1 Å². The average molecular weight is 972 g/mol. The van der Waals surface area contributed by atoms with Crippen LogP contribution in [0.15, 0.2) is 71.7 Å². The van der Waals surface area contributed by atoms with Crippen LogP contribution in [0.3, 0.4) is 0 Å². The molecule has 1 aliphatic heterocycles. The lowest BCUT2D eigenvalue weighted by atomic mass is 10.1. The quantitative estimate of drug-likeness (QED) is 0.0441. The number of aliphatic imine (C=N–C) groups is 1. The van der Waals surface area contributed by atoms with Crippen molar-refractivity contribution in [1.29, 1.82) is 0 Å². The van der Waals surface area contributed by atoms with Gasteiger partial charge in [0.2, 0.25) is 11.9 Å². The van der Waals surface area contributed by atoms with Gasteiger partial charge in [-0.2, -0.15) is 0 Å². The van der Waals surface area contributed by atoms with Crippen molar-refractivity contribution >= 4 is 59.1 Å². The highest BCUT2D eigenvalue weighted by molar-refractivity contribution is 6.05. The van der Waals surface area contributed by atoms with E-state index in [9.17, 15) is 33.6 Å². The molecule has 21 nitrogen and oxygen atoms in total. The van der Waals surface area contributed by atoms with Crippen LogP contribution in [-0.4, -0.2) is 129 Å². The normalized spacial score (nSPS) is 13.9. The standard InChI is InChI=1S/C49H65N9O12/c1-48(2,3)69-46(64)56-45(57-47(65)70-49(4,5)6)53-21-7-8-37(50)43(62)52-23-25-67-27-26-66-24-22-51-41(60)32-13-16-35(17-14-32)54-42(61)33-11-9-31(10-12-33)29-58(36-18-19-36)44(63)34-15-20-38-39(28-34)68-30-40(59)55-38/h9-17,20,28,36-37H,7-8,18-19,21-27,29-30,50H2,1-6H3,(H,51,60)(H,52,62)(H,54,61)(H,55,59)(H2,53,56,57,64,65)/t37-/m0/s1. The molecule has 1 atom stereocenters. The molecule has 378 valence electrons. The summed E-state index contributed by atoms with van der Waals surface area (Å²) in [5.41, 5.74) is 7.69. The molecule has 8 N–H and O–H groups in total. The smallest absolute Gasteiger partial charge is 0.437 e. The van der Waals surface area contributed by atoms with Crippen molar-refractivity contribution in [2.24, 2.45) is 10.7 Å². The Bertz CT molecular complexity index is 2340. The first-order valence-corrected chi connectivity index (χ1v) is 23.1. The fraction of sp³-hybridized carbons (Fsp3) is 0.469. The topological polar surface area (TPSA) is 279 Å². The summed E-state index contributed by atoms with van der Waals surface area (Å²) in [5.74, 6) is -1.09. The zero-order valence-electron chi connectivity index (χ0n) is 40.6. The van der Waals surface area contributed by atoms with E-state index in [1.165, 1.54) is 0 Å². The summed E-state index contributed by atoms with van der Waals surface area (Å²) in [4.78, 5) is 93.5. The molecule has 0 aromatic heterocycles. The van der Waals surface area contributed by atoms with Crippen LogP contribution in [-0.2, 0) is 35.1 Å². The summed E-state index contributed by atoms with van der Waals surface area (Å²) >= 11 is 0. The number of hydrogen-bond acceptors (Lipinski definition) is 13. The van der Waals surface area contributed by atoms with Gasteiger partial charge in [-0.1, -0.05) is 12.1 Å². The van der Waals surface area contributed by atoms with Crippen LogP contribution >= 0.6 is 0 Å². The van der Waals surface area contributed by atoms with Crippen LogP contribution in [0.25, 0.3) is 0 Å². The molecule has 0 bridgehead atoms. The predicted molar refractivity (Wildman–Crippen MR) is 260 cm³/mol. The van der Waals surface area contributed by atoms with E-state index < -0.39 is 29.4 Å². The number of ether oxygens (including phenoxy) is 5. The minimum Gasteiger partial charge on any atom is -0.482 e. The number of nitrogens with one attached hydrogen (secondary N) is 6. The van der Waals surface area contributed by atoms with Crippen molar-refractivity contribution in [2.75, 3.05) is 63.3 Å². The minimum absolute atomic E-state index is 0.101. The second kappa shape index (κ2) is 25.5. The Balaban J connectivity index is 0.909. The van der Waals surface area contributed by atoms with Crippen molar-refractivity contribution < 1.29 is 57.2 Å². The molecular formula is C49H65N9O12. The first kappa shape index (κ1) is 53.8. The van der Waals surface area contributed by atoms with Crippen LogP contribution in [0.1, 0.15) is 104 Å². The SMILES string of the molecule is CC(C)(C)OC(=O)/N=C(\NCCC[C@H](N)C(=O)NCCOCCOCCNC(=O)c1ccc(NC(=O)c2ccc(CN(C(=O)c3ccc4c(c3)OCC(=O)N4)C3CC3)cc2)cc1)NC(=O)OC(C)(C)C. The molecule has 1 saturated carbocycles. The molecule has 1 heterocycles. The molecule has 1 aliphatic carbocycles. The third kappa shape index (κ3) is 18.8. The summed E-state index contributed by atoms with van der Waals surface area (Å²) < 4.78 is 27.0. The molecule has 70 heavy (non-hydrogen) atoms. The second-order valence-electron chi connectivity index (χ2n) is 18.5. The maximum absolute atomic E-state index is 13.5. The largest absolute Gasteiger partial charge is 0.482 e. The third-order valence-electron chi connectivity index (χ3n) is 10.1. The Hall–Kier alpha value is -7.10. The number of benzene rings is 3. The highest BCUT2D eigenvalue weighted by Crippen LogP contribution is 2.33. The highest BCUT2D eigenvalue weighted by atomic mass is 16.6. The fourth-order valence-corrected chi connectivity index (χ4v) is 6.58. The van der Waals surface area contributed by atoms with E-state index in [1.807, 2.05) is 17.0 Å². The second-order valence-corrected chi connectivity index (χ2v) is 18.5. The number of rotatable bonds is 21. The van der Waals surface area contributed by atoms with Crippen LogP contribution in [0, 0.1) is 0 Å². The third-order valence-corrected chi connectivity index (χ3v) is 10.1. The van der Waals surface area contributed by atoms with E-state index in [4.69, 9.17) is 29.4 Å². The summed E-state index contributed by atoms with van der Waals surface area (Å²) in [7, 11) is 0. The monoisotopic (exact) mass is 971 g/mol. The lowest BCUT2D eigenvalue weighted by molar-refractivity contribution is -0.122. The van der Waals surface area contributed by atoms with Crippen LogP contribution in [0.2, 0.25) is 0 Å². The Kier molecular flexibility index (Phi) is 19.6. The maximum atomic E-state index is 13.5. The van der Waals surface area contributed by atoms with Gasteiger partial charge in [-0.3, -0.25) is 29.3 Å². The van der Waals surface area contributed by atoms with E-state index in [1.54, 1.807) is 96.1 Å². The van der Waals surface area contributed by atoms with E-state index in [0.717, 1.165) is 18.4 Å². The van der Waals surface area contributed by atoms with Crippen molar-refractivity contribution in [3.05, 3.63) is 89.0 Å². The Labute approximate surface area is 407 Å². The summed E-state index contributed by atoms with van der Waals surface area (Å²) in [6, 6.07) is 17.9. The number of fused-ring (bicyclic) bond motifs is 1. The number of nitrogens with zero attached hydrogens (tertiary/aromatic N) is 2. The van der Waals surface area contributed by atoms with Gasteiger partial charge in [0.05, 0.1) is 38.2 Å². The van der Waals surface area contributed by atoms with Gasteiger partial charge in [0.15, 0.2) is 6.61 Å². The minimum atomic E-state index is -0.906. The number of anilines is 2. The molecule has 3 aromatic rings. The van der Waals surface area contributed by atoms with E-state index in [0.29, 0.717) is 53.2 Å². The summed E-state index contributed by atoms with van der Waals surface area (Å²) in [6.45, 7) is 12.1. The van der Waals surface area contributed by atoms with E-state index in [-0.39, 0.29) is 94.2 Å². The van der Waals surface area contributed by atoms with Gasteiger partial charge in [0.25, 0.3) is 23.6 Å². The molecule has 7 amide bonds. The van der Waals surface area contributed by atoms with E-state index >= 15 is 0 Å². The Morgan fingerprint density at radius 2 is 1.39 bits per heavy atom. The van der Waals surface area contributed by atoms with Gasteiger partial charge in [-0.15, -0.1) is 4.99 Å². The zero-order valence-corrected chi connectivity index (χ0v) is 40.6. The van der Waals surface area contributed by atoms with Crippen LogP contribution in [0.5, 0.6) is 5.75 Å². The molecule has 0 saturated heterocycles. The molecular weight excluding hydrogens is 907 g/mol. The number of carbonyl (C=O) groups excluding carboxylic acids is 7. The zero-order chi connectivity index (χ0) is 50.8. The lowest BCUT2D eigenvalue weighted by Crippen LogP contribution is -2.45. The number of carbonyl (C=O) groups is 7. The number of guanidine groups is 1. The molecule has 5 rings (SSSR count). The Morgan fingerprint density at radius 1 is 0.771 bits per heavy atom. The van der Waals surface area contributed by atoms with Crippen molar-refractivity contribution in [3.8, 4) is 5.75 Å². The summed E-state index contributed by atoms with van der Waals surface area (Å²) in [5, 5.41) is 16.3. The molecule has 21 heteroatoms. The van der Waals surface area contributed by atoms with Gasteiger partial charge in [0.1, 0.15) is 17.0 Å². The first-order valence-electron chi connectivity index (χ1n) is 23.1. The average Bonchev–Trinajstić information content (AvgIpc) is 4.14. The van der Waals surface area contributed by atoms with Gasteiger partial charge in [-0.25, -0.2) is 9.59 Å². The molecule has 3 aromatic carbocycles. The lowest BCUT2D eigenvalue weighted by Gasteiger charge is -2.24. The van der Waals surface area contributed by atoms with Crippen molar-refractivity contribution in [3.63, 3.8) is 0 Å². The van der Waals surface area contributed by atoms with E-state index in [2.05, 4.69) is 36.9 Å². The number of amides is 7. The molecule has 0 radical (unpaired) electrons. The Morgan fingerprint density at radius 3 is 2.03 bits per heavy atom.